The average Bonchev–Trinajstić information content (AvgIpc) is 3.04. The summed E-state index contributed by atoms with van der Waals surface area (Å²) in [6, 6.07) is 14.2. The third-order valence-electron chi connectivity index (χ3n) is 4.46. The van der Waals surface area contributed by atoms with Gasteiger partial charge >= 0.3 is 0 Å². The Labute approximate surface area is 152 Å². The molecule has 134 valence electrons. The van der Waals surface area contributed by atoms with Gasteiger partial charge in [-0.2, -0.15) is 0 Å². The Hall–Kier alpha value is -2.95. The first-order valence-corrected chi connectivity index (χ1v) is 8.64. The Bertz CT molecular complexity index is 889. The molecule has 1 aromatic heterocycles. The fourth-order valence-corrected chi connectivity index (χ4v) is 2.96. The SMILES string of the molecule is Cc1ccc(C(=O)N[C@@H](CCn2ccnc2C)c2ccccc2)c(F)c1. The van der Waals surface area contributed by atoms with Gasteiger partial charge in [-0.05, 0) is 43.5 Å². The molecule has 0 aliphatic rings. The molecule has 1 N–H and O–H groups in total. The van der Waals surface area contributed by atoms with Gasteiger partial charge in [0.2, 0.25) is 0 Å². The molecule has 2 aromatic carbocycles. The van der Waals surface area contributed by atoms with Gasteiger partial charge in [-0.15, -0.1) is 0 Å². The van der Waals surface area contributed by atoms with Crippen LogP contribution in [0.4, 0.5) is 4.39 Å². The van der Waals surface area contributed by atoms with Crippen LogP contribution in [0, 0.1) is 19.7 Å². The van der Waals surface area contributed by atoms with E-state index in [2.05, 4.69) is 10.3 Å². The highest BCUT2D eigenvalue weighted by molar-refractivity contribution is 5.94. The number of carbonyl (C=O) groups excluding carboxylic acids is 1. The number of hydrogen-bond acceptors (Lipinski definition) is 2. The number of halogens is 1. The number of amides is 1. The van der Waals surface area contributed by atoms with Crippen LogP contribution in [0.5, 0.6) is 0 Å². The van der Waals surface area contributed by atoms with Crippen LogP contribution in [0.2, 0.25) is 0 Å². The van der Waals surface area contributed by atoms with Crippen molar-refractivity contribution in [2.45, 2.75) is 32.9 Å². The van der Waals surface area contributed by atoms with Gasteiger partial charge < -0.3 is 9.88 Å². The number of aryl methyl sites for hydroxylation is 3. The van der Waals surface area contributed by atoms with E-state index in [1.807, 2.05) is 48.0 Å². The predicted octanol–water partition coefficient (Wildman–Crippen LogP) is 4.20. The summed E-state index contributed by atoms with van der Waals surface area (Å²) in [4.78, 5) is 16.8. The molecule has 0 aliphatic heterocycles. The number of benzene rings is 2. The lowest BCUT2D eigenvalue weighted by Crippen LogP contribution is -2.30. The molecule has 0 saturated carbocycles. The standard InChI is InChI=1S/C21H22FN3O/c1-15-8-9-18(19(22)14-15)21(26)24-20(17-6-4-3-5-7-17)10-12-25-13-11-23-16(25)2/h3-9,11,13-14,20H,10,12H2,1-2H3,(H,24,26)/t20-/m0/s1. The highest BCUT2D eigenvalue weighted by Crippen LogP contribution is 2.20. The van der Waals surface area contributed by atoms with E-state index in [0.29, 0.717) is 13.0 Å². The van der Waals surface area contributed by atoms with Crippen molar-refractivity contribution in [1.82, 2.24) is 14.9 Å². The summed E-state index contributed by atoms with van der Waals surface area (Å²) in [6.07, 6.45) is 4.35. The van der Waals surface area contributed by atoms with Crippen LogP contribution < -0.4 is 5.32 Å². The van der Waals surface area contributed by atoms with Crippen molar-refractivity contribution in [3.05, 3.63) is 89.3 Å². The van der Waals surface area contributed by atoms with E-state index in [1.54, 1.807) is 19.2 Å². The molecule has 0 spiro atoms. The molecule has 1 heterocycles. The van der Waals surface area contributed by atoms with Crippen molar-refractivity contribution >= 4 is 5.91 Å². The summed E-state index contributed by atoms with van der Waals surface area (Å²) in [5.74, 6) is 0.0196. The van der Waals surface area contributed by atoms with Crippen molar-refractivity contribution < 1.29 is 9.18 Å². The normalized spacial score (nSPS) is 12.0. The molecule has 3 aromatic rings. The fraction of sp³-hybridized carbons (Fsp3) is 0.238. The highest BCUT2D eigenvalue weighted by atomic mass is 19.1. The summed E-state index contributed by atoms with van der Waals surface area (Å²) >= 11 is 0. The van der Waals surface area contributed by atoms with Gasteiger partial charge in [0.15, 0.2) is 0 Å². The first-order valence-electron chi connectivity index (χ1n) is 8.64. The van der Waals surface area contributed by atoms with Crippen molar-refractivity contribution in [2.75, 3.05) is 0 Å². The zero-order valence-electron chi connectivity index (χ0n) is 14.9. The lowest BCUT2D eigenvalue weighted by Gasteiger charge is -2.20. The third kappa shape index (κ3) is 4.17. The van der Waals surface area contributed by atoms with Crippen LogP contribution in [0.25, 0.3) is 0 Å². The van der Waals surface area contributed by atoms with E-state index in [0.717, 1.165) is 17.0 Å². The maximum absolute atomic E-state index is 14.1. The number of nitrogens with zero attached hydrogens (tertiary/aromatic N) is 2. The van der Waals surface area contributed by atoms with E-state index in [1.165, 1.54) is 12.1 Å². The number of carbonyl (C=O) groups is 1. The zero-order valence-corrected chi connectivity index (χ0v) is 14.9. The molecule has 0 saturated heterocycles. The Morgan fingerprint density at radius 1 is 1.19 bits per heavy atom. The minimum atomic E-state index is -0.500. The lowest BCUT2D eigenvalue weighted by atomic mass is 10.0. The van der Waals surface area contributed by atoms with Gasteiger partial charge in [0.05, 0.1) is 11.6 Å². The summed E-state index contributed by atoms with van der Waals surface area (Å²) in [5.41, 5.74) is 1.84. The maximum Gasteiger partial charge on any atom is 0.254 e. The van der Waals surface area contributed by atoms with Gasteiger partial charge in [-0.1, -0.05) is 36.4 Å². The van der Waals surface area contributed by atoms with Crippen molar-refractivity contribution in [3.8, 4) is 0 Å². The van der Waals surface area contributed by atoms with E-state index in [-0.39, 0.29) is 11.6 Å². The van der Waals surface area contributed by atoms with Crippen LogP contribution >= 0.6 is 0 Å². The number of nitrogens with one attached hydrogen (secondary N) is 1. The Balaban J connectivity index is 1.79. The molecule has 3 rings (SSSR count). The summed E-state index contributed by atoms with van der Waals surface area (Å²) in [7, 11) is 0. The maximum atomic E-state index is 14.1. The molecule has 5 heteroatoms. The number of hydrogen-bond donors (Lipinski definition) is 1. The van der Waals surface area contributed by atoms with E-state index >= 15 is 0 Å². The molecule has 0 radical (unpaired) electrons. The van der Waals surface area contributed by atoms with Gasteiger partial charge in [-0.25, -0.2) is 9.37 Å². The first-order chi connectivity index (χ1) is 12.5. The molecular weight excluding hydrogens is 329 g/mol. The second-order valence-electron chi connectivity index (χ2n) is 6.38. The molecule has 0 unspecified atom stereocenters. The topological polar surface area (TPSA) is 46.9 Å². The molecule has 0 aliphatic carbocycles. The van der Waals surface area contributed by atoms with Crippen molar-refractivity contribution in [3.63, 3.8) is 0 Å². The molecule has 0 bridgehead atoms. The molecule has 4 nitrogen and oxygen atoms in total. The predicted molar refractivity (Wildman–Crippen MR) is 99.4 cm³/mol. The average molecular weight is 351 g/mol. The van der Waals surface area contributed by atoms with Gasteiger partial charge in [-0.3, -0.25) is 4.79 Å². The highest BCUT2D eigenvalue weighted by Gasteiger charge is 2.18. The van der Waals surface area contributed by atoms with Crippen LogP contribution in [0.3, 0.4) is 0 Å². The fourth-order valence-electron chi connectivity index (χ4n) is 2.96. The summed E-state index contributed by atoms with van der Waals surface area (Å²) in [5, 5.41) is 2.98. The van der Waals surface area contributed by atoms with Gasteiger partial charge in [0, 0.05) is 18.9 Å². The Morgan fingerprint density at radius 2 is 1.96 bits per heavy atom. The van der Waals surface area contributed by atoms with Crippen LogP contribution in [0.15, 0.2) is 60.9 Å². The number of aromatic nitrogens is 2. The monoisotopic (exact) mass is 351 g/mol. The molecule has 0 fully saturated rings. The lowest BCUT2D eigenvalue weighted by molar-refractivity contribution is 0.0929. The van der Waals surface area contributed by atoms with Crippen LogP contribution in [0.1, 0.15) is 39.8 Å². The smallest absolute Gasteiger partial charge is 0.254 e. The van der Waals surface area contributed by atoms with Gasteiger partial charge in [0.25, 0.3) is 5.91 Å². The largest absolute Gasteiger partial charge is 0.345 e. The quantitative estimate of drug-likeness (QED) is 0.723. The van der Waals surface area contributed by atoms with Crippen molar-refractivity contribution in [1.29, 1.82) is 0 Å². The van der Waals surface area contributed by atoms with Gasteiger partial charge in [0.1, 0.15) is 11.6 Å². The zero-order chi connectivity index (χ0) is 18.5. The van der Waals surface area contributed by atoms with Crippen LogP contribution in [-0.2, 0) is 6.54 Å². The Morgan fingerprint density at radius 3 is 2.62 bits per heavy atom. The van der Waals surface area contributed by atoms with Crippen LogP contribution in [-0.4, -0.2) is 15.5 Å². The second-order valence-corrected chi connectivity index (χ2v) is 6.38. The van der Waals surface area contributed by atoms with Crippen molar-refractivity contribution in [2.24, 2.45) is 0 Å². The Kier molecular flexibility index (Phi) is 5.46. The summed E-state index contributed by atoms with van der Waals surface area (Å²) in [6.45, 7) is 4.45. The number of imidazole rings is 1. The minimum Gasteiger partial charge on any atom is -0.345 e. The molecule has 26 heavy (non-hydrogen) atoms. The van der Waals surface area contributed by atoms with E-state index in [9.17, 15) is 9.18 Å². The molecule has 1 atom stereocenters. The van der Waals surface area contributed by atoms with E-state index in [4.69, 9.17) is 0 Å². The summed E-state index contributed by atoms with van der Waals surface area (Å²) < 4.78 is 16.2. The van der Waals surface area contributed by atoms with E-state index < -0.39 is 11.7 Å². The number of rotatable bonds is 6. The minimum absolute atomic E-state index is 0.0651. The first kappa shape index (κ1) is 17.9. The molecule has 1 amide bonds. The molecular formula is C21H22FN3O. The second kappa shape index (κ2) is 7.95. The third-order valence-corrected chi connectivity index (χ3v) is 4.46.